The molecule has 3 aromatic carbocycles. The van der Waals surface area contributed by atoms with E-state index in [1.807, 2.05) is 49.4 Å². The molecule has 3 aromatic rings. The first kappa shape index (κ1) is 25.7. The van der Waals surface area contributed by atoms with Gasteiger partial charge in [0.2, 0.25) is 0 Å². The number of aryl methyl sites for hydroxylation is 1. The van der Waals surface area contributed by atoms with Crippen LogP contribution >= 0.6 is 0 Å². The normalized spacial score (nSPS) is 11.9. The zero-order valence-electron chi connectivity index (χ0n) is 20.9. The molecule has 1 unspecified atom stereocenters. The van der Waals surface area contributed by atoms with E-state index in [1.165, 1.54) is 32.1 Å². The second-order valence-electron chi connectivity index (χ2n) is 8.81. The molecule has 34 heavy (non-hydrogen) atoms. The zero-order valence-corrected chi connectivity index (χ0v) is 20.9. The molecule has 0 saturated heterocycles. The molecular formula is C31H38O3. The molecule has 0 saturated carbocycles. The van der Waals surface area contributed by atoms with E-state index < -0.39 is 0 Å². The topological polar surface area (TPSA) is 35.5 Å². The lowest BCUT2D eigenvalue weighted by atomic mass is 10.0. The van der Waals surface area contributed by atoms with Crippen molar-refractivity contribution < 1.29 is 14.3 Å². The Morgan fingerprint density at radius 1 is 0.765 bits per heavy atom. The Labute approximate surface area is 205 Å². The third-order valence-electron chi connectivity index (χ3n) is 6.23. The van der Waals surface area contributed by atoms with Crippen molar-refractivity contribution >= 4 is 5.97 Å². The van der Waals surface area contributed by atoms with Gasteiger partial charge in [0.25, 0.3) is 0 Å². The SMILES string of the molecule is CCCCCCCCc1ccccc1OC(=O)c1ccc(-c2ccc(C(C)OCC)cc2)cc1. The van der Waals surface area contributed by atoms with Crippen LogP contribution in [0.1, 0.15) is 86.9 Å². The molecule has 0 heterocycles. The average molecular weight is 459 g/mol. The first-order valence-corrected chi connectivity index (χ1v) is 12.7. The summed E-state index contributed by atoms with van der Waals surface area (Å²) < 4.78 is 11.4. The van der Waals surface area contributed by atoms with Gasteiger partial charge in [-0.25, -0.2) is 4.79 Å². The van der Waals surface area contributed by atoms with Gasteiger partial charge in [-0.3, -0.25) is 0 Å². The van der Waals surface area contributed by atoms with Crippen LogP contribution in [0.5, 0.6) is 5.75 Å². The molecule has 3 heteroatoms. The molecule has 0 N–H and O–H groups in total. The van der Waals surface area contributed by atoms with Gasteiger partial charge in [0, 0.05) is 6.61 Å². The van der Waals surface area contributed by atoms with Crippen LogP contribution < -0.4 is 4.74 Å². The van der Waals surface area contributed by atoms with E-state index >= 15 is 0 Å². The summed E-state index contributed by atoms with van der Waals surface area (Å²) in [6.07, 6.45) is 8.51. The maximum atomic E-state index is 12.8. The highest BCUT2D eigenvalue weighted by Crippen LogP contribution is 2.25. The predicted octanol–water partition coefficient (Wildman–Crippen LogP) is 8.57. The third-order valence-corrected chi connectivity index (χ3v) is 6.23. The molecule has 0 aliphatic rings. The van der Waals surface area contributed by atoms with Crippen molar-refractivity contribution in [1.82, 2.24) is 0 Å². The fourth-order valence-electron chi connectivity index (χ4n) is 4.16. The average Bonchev–Trinajstić information content (AvgIpc) is 2.87. The van der Waals surface area contributed by atoms with Gasteiger partial charge in [0.05, 0.1) is 11.7 Å². The molecule has 3 nitrogen and oxygen atoms in total. The molecule has 0 aliphatic heterocycles. The lowest BCUT2D eigenvalue weighted by Crippen LogP contribution is -2.09. The molecule has 0 aromatic heterocycles. The smallest absolute Gasteiger partial charge is 0.343 e. The van der Waals surface area contributed by atoms with E-state index in [1.54, 1.807) is 0 Å². The van der Waals surface area contributed by atoms with Gasteiger partial charge in [-0.2, -0.15) is 0 Å². The Morgan fingerprint density at radius 2 is 1.38 bits per heavy atom. The van der Waals surface area contributed by atoms with Crippen LogP contribution in [0.4, 0.5) is 0 Å². The number of para-hydroxylation sites is 1. The van der Waals surface area contributed by atoms with E-state index in [-0.39, 0.29) is 12.1 Å². The molecule has 0 aliphatic carbocycles. The number of esters is 1. The van der Waals surface area contributed by atoms with Crippen LogP contribution in [-0.4, -0.2) is 12.6 Å². The molecule has 0 amide bonds. The zero-order chi connectivity index (χ0) is 24.2. The second-order valence-corrected chi connectivity index (χ2v) is 8.81. The Morgan fingerprint density at radius 3 is 2.06 bits per heavy atom. The van der Waals surface area contributed by atoms with Crippen molar-refractivity contribution in [2.24, 2.45) is 0 Å². The summed E-state index contributed by atoms with van der Waals surface area (Å²) in [4.78, 5) is 12.8. The highest BCUT2D eigenvalue weighted by Gasteiger charge is 2.12. The van der Waals surface area contributed by atoms with Gasteiger partial charge in [-0.05, 0) is 67.1 Å². The first-order valence-electron chi connectivity index (χ1n) is 12.7. The summed E-state index contributed by atoms with van der Waals surface area (Å²) in [5.41, 5.74) is 4.99. The van der Waals surface area contributed by atoms with Crippen molar-refractivity contribution in [2.75, 3.05) is 6.61 Å². The fraction of sp³-hybridized carbons (Fsp3) is 0.387. The van der Waals surface area contributed by atoms with Crippen LogP contribution in [0.3, 0.4) is 0 Å². The van der Waals surface area contributed by atoms with Gasteiger partial charge >= 0.3 is 5.97 Å². The lowest BCUT2D eigenvalue weighted by Gasteiger charge is -2.13. The molecule has 0 bridgehead atoms. The first-order chi connectivity index (χ1) is 16.6. The summed E-state index contributed by atoms with van der Waals surface area (Å²) in [5.74, 6) is 0.354. The number of hydrogen-bond acceptors (Lipinski definition) is 3. The molecule has 0 spiro atoms. The van der Waals surface area contributed by atoms with Crippen LogP contribution in [-0.2, 0) is 11.2 Å². The number of carbonyl (C=O) groups is 1. The van der Waals surface area contributed by atoms with Crippen molar-refractivity contribution in [3.05, 3.63) is 89.5 Å². The summed E-state index contributed by atoms with van der Waals surface area (Å²) in [5, 5.41) is 0. The summed E-state index contributed by atoms with van der Waals surface area (Å²) in [6.45, 7) is 7.00. The van der Waals surface area contributed by atoms with Crippen LogP contribution in [0.25, 0.3) is 11.1 Å². The van der Waals surface area contributed by atoms with Gasteiger partial charge in [0.15, 0.2) is 0 Å². The van der Waals surface area contributed by atoms with Gasteiger partial charge in [-0.1, -0.05) is 93.6 Å². The quantitative estimate of drug-likeness (QED) is 0.146. The van der Waals surface area contributed by atoms with Gasteiger partial charge in [0.1, 0.15) is 5.75 Å². The van der Waals surface area contributed by atoms with E-state index in [4.69, 9.17) is 9.47 Å². The maximum Gasteiger partial charge on any atom is 0.343 e. The summed E-state index contributed by atoms with van der Waals surface area (Å²) in [6, 6.07) is 23.9. The Balaban J connectivity index is 1.59. The van der Waals surface area contributed by atoms with Crippen LogP contribution in [0, 0.1) is 0 Å². The lowest BCUT2D eigenvalue weighted by molar-refractivity contribution is 0.0732. The molecule has 1 atom stereocenters. The van der Waals surface area contributed by atoms with Crippen LogP contribution in [0.2, 0.25) is 0 Å². The van der Waals surface area contributed by atoms with E-state index in [0.717, 1.165) is 35.1 Å². The second kappa shape index (κ2) is 13.7. The van der Waals surface area contributed by atoms with Crippen molar-refractivity contribution in [3.8, 4) is 16.9 Å². The van der Waals surface area contributed by atoms with E-state index in [2.05, 4.69) is 44.2 Å². The molecule has 0 radical (unpaired) electrons. The van der Waals surface area contributed by atoms with E-state index in [9.17, 15) is 4.79 Å². The van der Waals surface area contributed by atoms with Crippen molar-refractivity contribution in [1.29, 1.82) is 0 Å². The number of unbranched alkanes of at least 4 members (excludes halogenated alkanes) is 5. The van der Waals surface area contributed by atoms with E-state index in [0.29, 0.717) is 17.9 Å². The predicted molar refractivity (Wildman–Crippen MR) is 140 cm³/mol. The Bertz CT molecular complexity index is 1010. The molecular weight excluding hydrogens is 420 g/mol. The number of benzene rings is 3. The van der Waals surface area contributed by atoms with Gasteiger partial charge in [-0.15, -0.1) is 0 Å². The highest BCUT2D eigenvalue weighted by atomic mass is 16.5. The number of hydrogen-bond donors (Lipinski definition) is 0. The van der Waals surface area contributed by atoms with Crippen molar-refractivity contribution in [3.63, 3.8) is 0 Å². The number of ether oxygens (including phenoxy) is 2. The fourth-order valence-corrected chi connectivity index (χ4v) is 4.16. The molecule has 0 fully saturated rings. The standard InChI is InChI=1S/C31H38O3/c1-4-6-7-8-9-10-13-28-14-11-12-15-30(28)34-31(32)29-22-20-27(21-23-29)26-18-16-25(17-19-26)24(3)33-5-2/h11-12,14-24H,4-10,13H2,1-3H3. The number of rotatable bonds is 13. The maximum absolute atomic E-state index is 12.8. The minimum atomic E-state index is -0.317. The highest BCUT2D eigenvalue weighted by molar-refractivity contribution is 5.91. The van der Waals surface area contributed by atoms with Crippen LogP contribution in [0.15, 0.2) is 72.8 Å². The summed E-state index contributed by atoms with van der Waals surface area (Å²) in [7, 11) is 0. The number of carbonyl (C=O) groups excluding carboxylic acids is 1. The molecule has 180 valence electrons. The monoisotopic (exact) mass is 458 g/mol. The third kappa shape index (κ3) is 7.56. The minimum Gasteiger partial charge on any atom is -0.423 e. The van der Waals surface area contributed by atoms with Gasteiger partial charge < -0.3 is 9.47 Å². The Hall–Kier alpha value is -2.91. The minimum absolute atomic E-state index is 0.0835. The Kier molecular flexibility index (Phi) is 10.4. The van der Waals surface area contributed by atoms with Crippen molar-refractivity contribution in [2.45, 2.75) is 71.8 Å². The molecule has 3 rings (SSSR count). The summed E-state index contributed by atoms with van der Waals surface area (Å²) >= 11 is 0. The largest absolute Gasteiger partial charge is 0.423 e.